The van der Waals surface area contributed by atoms with Crippen LogP contribution in [0.15, 0.2) is 36.7 Å². The Morgan fingerprint density at radius 3 is 1.78 bits per heavy atom. The van der Waals surface area contributed by atoms with Crippen LogP contribution >= 0.6 is 0 Å². The topological polar surface area (TPSA) is 86.5 Å². The van der Waals surface area contributed by atoms with E-state index in [2.05, 4.69) is 9.97 Å². The predicted molar refractivity (Wildman–Crippen MR) is 69.4 cm³/mol. The fourth-order valence-electron chi connectivity index (χ4n) is 1.09. The van der Waals surface area contributed by atoms with Crippen molar-refractivity contribution < 1.29 is 15.2 Å². The van der Waals surface area contributed by atoms with Crippen LogP contribution in [-0.4, -0.2) is 32.2 Å². The molecular formula is C12H15BN2O3. The van der Waals surface area contributed by atoms with E-state index < -0.39 is 7.12 Å². The number of nitrogens with zero attached hydrogens (tertiary/aromatic N) is 2. The van der Waals surface area contributed by atoms with Crippen LogP contribution in [0.2, 0.25) is 0 Å². The minimum atomic E-state index is -1.41. The van der Waals surface area contributed by atoms with Gasteiger partial charge in [0.2, 0.25) is 0 Å². The molecule has 0 atom stereocenters. The Morgan fingerprint density at radius 2 is 1.44 bits per heavy atom. The van der Waals surface area contributed by atoms with Gasteiger partial charge < -0.3 is 15.2 Å². The van der Waals surface area contributed by atoms with Gasteiger partial charge >= 0.3 is 7.12 Å². The van der Waals surface area contributed by atoms with E-state index in [0.717, 1.165) is 11.4 Å². The third-order valence-corrected chi connectivity index (χ3v) is 2.13. The van der Waals surface area contributed by atoms with Crippen molar-refractivity contribution in [3.05, 3.63) is 48.0 Å². The predicted octanol–water partition coefficient (Wildman–Crippen LogP) is 0.165. The molecule has 2 heterocycles. The Bertz CT molecular complexity index is 451. The first kappa shape index (κ1) is 14.1. The van der Waals surface area contributed by atoms with Gasteiger partial charge in [0.1, 0.15) is 5.75 Å². The molecule has 0 unspecified atom stereocenters. The number of hydrogen-bond donors (Lipinski definition) is 3. The van der Waals surface area contributed by atoms with E-state index in [4.69, 9.17) is 15.2 Å². The SMILES string of the molecule is Cc1ccc(B(O)O)cn1.Cc1ccc(O)cn1. The van der Waals surface area contributed by atoms with Gasteiger partial charge in [-0.1, -0.05) is 6.07 Å². The Balaban J connectivity index is 0.000000184. The van der Waals surface area contributed by atoms with Gasteiger partial charge in [0, 0.05) is 23.0 Å². The number of rotatable bonds is 1. The van der Waals surface area contributed by atoms with E-state index in [-0.39, 0.29) is 5.75 Å². The Kier molecular flexibility index (Phi) is 5.29. The van der Waals surface area contributed by atoms with Gasteiger partial charge in [0.25, 0.3) is 0 Å². The quantitative estimate of drug-likeness (QED) is 0.624. The highest BCUT2D eigenvalue weighted by Gasteiger charge is 2.09. The van der Waals surface area contributed by atoms with Crippen LogP contribution in [0.4, 0.5) is 0 Å². The third-order valence-electron chi connectivity index (χ3n) is 2.13. The molecule has 0 aliphatic rings. The van der Waals surface area contributed by atoms with Crippen LogP contribution in [-0.2, 0) is 0 Å². The van der Waals surface area contributed by atoms with E-state index in [9.17, 15) is 0 Å². The van der Waals surface area contributed by atoms with E-state index in [1.807, 2.05) is 13.8 Å². The number of pyridine rings is 2. The molecule has 0 aromatic carbocycles. The van der Waals surface area contributed by atoms with E-state index in [1.54, 1.807) is 24.3 Å². The van der Waals surface area contributed by atoms with Gasteiger partial charge in [-0.25, -0.2) is 0 Å². The molecule has 0 bridgehead atoms. The number of aryl methyl sites for hydroxylation is 2. The summed E-state index contributed by atoms with van der Waals surface area (Å²) in [6.45, 7) is 3.72. The summed E-state index contributed by atoms with van der Waals surface area (Å²) in [5.74, 6) is 0.218. The first-order chi connectivity index (χ1) is 8.49. The molecule has 0 aliphatic carbocycles. The van der Waals surface area contributed by atoms with Gasteiger partial charge in [0.05, 0.1) is 6.20 Å². The highest BCUT2D eigenvalue weighted by atomic mass is 16.4. The Labute approximate surface area is 106 Å². The van der Waals surface area contributed by atoms with Crippen molar-refractivity contribution in [2.75, 3.05) is 0 Å². The highest BCUT2D eigenvalue weighted by molar-refractivity contribution is 6.58. The van der Waals surface area contributed by atoms with Crippen molar-refractivity contribution in [2.24, 2.45) is 0 Å². The second kappa shape index (κ2) is 6.73. The largest absolute Gasteiger partial charge is 0.506 e. The molecule has 18 heavy (non-hydrogen) atoms. The molecule has 6 heteroatoms. The van der Waals surface area contributed by atoms with Crippen LogP contribution in [0.25, 0.3) is 0 Å². The molecule has 0 saturated carbocycles. The molecule has 3 N–H and O–H groups in total. The Hall–Kier alpha value is -1.92. The lowest BCUT2D eigenvalue weighted by Crippen LogP contribution is -2.29. The zero-order valence-corrected chi connectivity index (χ0v) is 10.3. The molecule has 2 aromatic rings. The smallest absolute Gasteiger partial charge is 0.490 e. The molecule has 0 fully saturated rings. The zero-order valence-electron chi connectivity index (χ0n) is 10.3. The minimum Gasteiger partial charge on any atom is -0.506 e. The van der Waals surface area contributed by atoms with Gasteiger partial charge in [0.15, 0.2) is 0 Å². The summed E-state index contributed by atoms with van der Waals surface area (Å²) in [5.41, 5.74) is 2.21. The number of hydrogen-bond acceptors (Lipinski definition) is 5. The second-order valence-corrected chi connectivity index (χ2v) is 3.76. The molecule has 2 rings (SSSR count). The van der Waals surface area contributed by atoms with Crippen LogP contribution in [0, 0.1) is 13.8 Å². The summed E-state index contributed by atoms with van der Waals surface area (Å²) in [5, 5.41) is 26.0. The summed E-state index contributed by atoms with van der Waals surface area (Å²) < 4.78 is 0. The molecule has 0 aliphatic heterocycles. The standard InChI is InChI=1S/C6H8BNO2.C6H7NO/c1-5-2-3-6(4-8-5)7(9)10;1-5-2-3-6(8)4-7-5/h2-4,9-10H,1H3;2-4,8H,1H3. The lowest BCUT2D eigenvalue weighted by atomic mass is 9.82. The van der Waals surface area contributed by atoms with Crippen LogP contribution in [0.5, 0.6) is 5.75 Å². The monoisotopic (exact) mass is 246 g/mol. The lowest BCUT2D eigenvalue weighted by molar-refractivity contribution is 0.425. The molecule has 94 valence electrons. The van der Waals surface area contributed by atoms with Gasteiger partial charge in [-0.15, -0.1) is 0 Å². The zero-order chi connectivity index (χ0) is 13.5. The van der Waals surface area contributed by atoms with Crippen molar-refractivity contribution in [3.8, 4) is 5.75 Å². The van der Waals surface area contributed by atoms with Crippen LogP contribution in [0.1, 0.15) is 11.4 Å². The van der Waals surface area contributed by atoms with E-state index >= 15 is 0 Å². The fraction of sp³-hybridized carbons (Fsp3) is 0.167. The summed E-state index contributed by atoms with van der Waals surface area (Å²) in [4.78, 5) is 7.71. The summed E-state index contributed by atoms with van der Waals surface area (Å²) in [6.07, 6.45) is 2.87. The summed E-state index contributed by atoms with van der Waals surface area (Å²) >= 11 is 0. The lowest BCUT2D eigenvalue weighted by Gasteiger charge is -1.96. The maximum Gasteiger partial charge on any atom is 0.490 e. The number of aromatic hydroxyl groups is 1. The molecule has 2 aromatic heterocycles. The summed E-state index contributed by atoms with van der Waals surface area (Å²) in [6, 6.07) is 6.74. The molecule has 0 spiro atoms. The summed E-state index contributed by atoms with van der Waals surface area (Å²) in [7, 11) is -1.41. The van der Waals surface area contributed by atoms with Crippen molar-refractivity contribution >= 4 is 12.6 Å². The molecule has 5 nitrogen and oxygen atoms in total. The van der Waals surface area contributed by atoms with E-state index in [1.165, 1.54) is 12.4 Å². The fourth-order valence-corrected chi connectivity index (χ4v) is 1.09. The second-order valence-electron chi connectivity index (χ2n) is 3.76. The molecular weight excluding hydrogens is 231 g/mol. The van der Waals surface area contributed by atoms with Gasteiger partial charge in [-0.05, 0) is 32.0 Å². The van der Waals surface area contributed by atoms with Gasteiger partial charge in [-0.3, -0.25) is 9.97 Å². The average Bonchev–Trinajstić information content (AvgIpc) is 2.34. The third kappa shape index (κ3) is 4.94. The highest BCUT2D eigenvalue weighted by Crippen LogP contribution is 2.03. The minimum absolute atomic E-state index is 0.218. The normalized spacial score (nSPS) is 9.33. The van der Waals surface area contributed by atoms with Gasteiger partial charge in [-0.2, -0.15) is 0 Å². The Morgan fingerprint density at radius 1 is 0.889 bits per heavy atom. The maximum atomic E-state index is 8.69. The van der Waals surface area contributed by atoms with Crippen molar-refractivity contribution in [1.29, 1.82) is 0 Å². The average molecular weight is 246 g/mol. The van der Waals surface area contributed by atoms with E-state index in [0.29, 0.717) is 5.46 Å². The first-order valence-corrected chi connectivity index (χ1v) is 5.39. The van der Waals surface area contributed by atoms with Crippen LogP contribution in [0.3, 0.4) is 0 Å². The molecule has 0 amide bonds. The number of aromatic nitrogens is 2. The molecule has 0 radical (unpaired) electrons. The van der Waals surface area contributed by atoms with Crippen LogP contribution < -0.4 is 5.46 Å². The van der Waals surface area contributed by atoms with Crippen molar-refractivity contribution in [3.63, 3.8) is 0 Å². The van der Waals surface area contributed by atoms with Crippen molar-refractivity contribution in [2.45, 2.75) is 13.8 Å². The molecule has 0 saturated heterocycles. The maximum absolute atomic E-state index is 8.69. The van der Waals surface area contributed by atoms with Crippen molar-refractivity contribution in [1.82, 2.24) is 9.97 Å². The first-order valence-electron chi connectivity index (χ1n) is 5.39.